The van der Waals surface area contributed by atoms with Crippen molar-refractivity contribution < 1.29 is 9.15 Å². The fraction of sp³-hybridized carbons (Fsp3) is 0.571. The third-order valence-electron chi connectivity index (χ3n) is 4.13. The normalized spacial score (nSPS) is 20.3. The first-order valence-electron chi connectivity index (χ1n) is 7.67. The van der Waals surface area contributed by atoms with Gasteiger partial charge in [0.1, 0.15) is 0 Å². The second-order valence-electron chi connectivity index (χ2n) is 5.59. The van der Waals surface area contributed by atoms with Gasteiger partial charge in [-0.25, -0.2) is 4.98 Å². The minimum absolute atomic E-state index is 0.232. The Morgan fingerprint density at radius 3 is 3.04 bits per heavy atom. The lowest BCUT2D eigenvalue weighted by molar-refractivity contribution is 0.0934. The third-order valence-corrected chi connectivity index (χ3v) is 4.31. The van der Waals surface area contributed by atoms with E-state index < -0.39 is 0 Å². The highest BCUT2D eigenvalue weighted by atomic mass is 35.5. The smallest absolute Gasteiger partial charge is 0.235 e. The molecule has 1 fully saturated rings. The second-order valence-corrected chi connectivity index (χ2v) is 5.93. The van der Waals surface area contributed by atoms with Crippen molar-refractivity contribution >= 4 is 23.1 Å². The Morgan fingerprint density at radius 1 is 1.35 bits per heavy atom. The first-order chi connectivity index (χ1) is 11.2. The number of nitrogens with zero attached hydrogens (tertiary/aromatic N) is 6. The van der Waals surface area contributed by atoms with Crippen LogP contribution in [0.15, 0.2) is 10.6 Å². The van der Waals surface area contributed by atoms with Crippen LogP contribution >= 0.6 is 11.6 Å². The zero-order chi connectivity index (χ0) is 15.8. The van der Waals surface area contributed by atoms with Gasteiger partial charge in [0.15, 0.2) is 5.82 Å². The summed E-state index contributed by atoms with van der Waals surface area (Å²) in [6.07, 6.45) is 2.49. The van der Waals surface area contributed by atoms with Crippen molar-refractivity contribution in [2.24, 2.45) is 0 Å². The Bertz CT molecular complexity index is 708. The highest BCUT2D eigenvalue weighted by molar-refractivity contribution is 6.28. The zero-order valence-corrected chi connectivity index (χ0v) is 13.5. The number of aryl methyl sites for hydroxylation is 1. The zero-order valence-electron chi connectivity index (χ0n) is 12.8. The van der Waals surface area contributed by atoms with E-state index in [1.807, 2.05) is 6.92 Å². The van der Waals surface area contributed by atoms with E-state index in [1.54, 1.807) is 6.20 Å². The highest BCUT2D eigenvalue weighted by Gasteiger charge is 2.35. The number of rotatable bonds is 3. The molecule has 4 heterocycles. The van der Waals surface area contributed by atoms with Gasteiger partial charge < -0.3 is 19.0 Å². The summed E-state index contributed by atoms with van der Waals surface area (Å²) in [4.78, 5) is 13.0. The first-order valence-corrected chi connectivity index (χ1v) is 8.05. The summed E-state index contributed by atoms with van der Waals surface area (Å²) in [7, 11) is 0. The molecule has 2 aromatic rings. The molecule has 0 bridgehead atoms. The predicted octanol–water partition coefficient (Wildman–Crippen LogP) is 1.30. The van der Waals surface area contributed by atoms with Gasteiger partial charge in [-0.15, -0.1) is 10.2 Å². The van der Waals surface area contributed by atoms with Crippen LogP contribution in [0.3, 0.4) is 0 Å². The van der Waals surface area contributed by atoms with Crippen molar-refractivity contribution in [1.82, 2.24) is 20.2 Å². The van der Waals surface area contributed by atoms with Gasteiger partial charge >= 0.3 is 0 Å². The summed E-state index contributed by atoms with van der Waals surface area (Å²) in [5, 5.41) is 8.38. The number of ether oxygens (including phenoxy) is 1. The number of morpholine rings is 1. The minimum atomic E-state index is 0.232. The highest BCUT2D eigenvalue weighted by Crippen LogP contribution is 2.35. The topological polar surface area (TPSA) is 80.4 Å². The maximum Gasteiger partial charge on any atom is 0.235 e. The van der Waals surface area contributed by atoms with Crippen LogP contribution < -0.4 is 9.80 Å². The van der Waals surface area contributed by atoms with E-state index in [0.29, 0.717) is 31.5 Å². The van der Waals surface area contributed by atoms with Gasteiger partial charge in [0.25, 0.3) is 0 Å². The fourth-order valence-corrected chi connectivity index (χ4v) is 3.15. The molecule has 0 aromatic carbocycles. The molecule has 1 saturated heterocycles. The molecule has 1 unspecified atom stereocenters. The van der Waals surface area contributed by atoms with Crippen LogP contribution in [-0.2, 0) is 17.7 Å². The van der Waals surface area contributed by atoms with E-state index >= 15 is 0 Å². The Hall–Kier alpha value is -1.93. The average molecular weight is 337 g/mol. The van der Waals surface area contributed by atoms with Gasteiger partial charge in [0.05, 0.1) is 37.7 Å². The van der Waals surface area contributed by atoms with Crippen molar-refractivity contribution in [2.45, 2.75) is 25.9 Å². The quantitative estimate of drug-likeness (QED) is 0.776. The Kier molecular flexibility index (Phi) is 3.78. The van der Waals surface area contributed by atoms with Gasteiger partial charge in [-0.2, -0.15) is 4.98 Å². The molecule has 0 spiro atoms. The molecular weight excluding hydrogens is 320 g/mol. The molecule has 9 heteroatoms. The maximum absolute atomic E-state index is 6.00. The number of aromatic nitrogens is 4. The molecule has 0 N–H and O–H groups in total. The van der Waals surface area contributed by atoms with Crippen molar-refractivity contribution in [3.05, 3.63) is 23.3 Å². The number of fused-ring (bicyclic) bond motifs is 3. The number of halogens is 1. The molecule has 0 saturated carbocycles. The first kappa shape index (κ1) is 14.6. The summed E-state index contributed by atoms with van der Waals surface area (Å²) >= 11 is 6.00. The number of anilines is 2. The van der Waals surface area contributed by atoms with E-state index in [1.165, 1.54) is 0 Å². The standard InChI is InChI=1S/C14H17ClN6O2/c1-2-11-18-19-12(23-11)7-20-6-9-8-22-4-3-21(9)13-10(20)5-16-14(15)17-13/h5,9H,2-4,6-8H2,1H3. The molecule has 0 amide bonds. The summed E-state index contributed by atoms with van der Waals surface area (Å²) in [6.45, 7) is 5.47. The van der Waals surface area contributed by atoms with Crippen LogP contribution in [0.4, 0.5) is 11.5 Å². The third kappa shape index (κ3) is 2.72. The summed E-state index contributed by atoms with van der Waals surface area (Å²) < 4.78 is 11.2. The molecular formula is C14H17ClN6O2. The molecule has 122 valence electrons. The Balaban J connectivity index is 1.66. The van der Waals surface area contributed by atoms with Gasteiger partial charge in [-0.3, -0.25) is 0 Å². The van der Waals surface area contributed by atoms with Crippen LogP contribution in [0.1, 0.15) is 18.7 Å². The van der Waals surface area contributed by atoms with Crippen LogP contribution in [0.25, 0.3) is 0 Å². The summed E-state index contributed by atoms with van der Waals surface area (Å²) in [6, 6.07) is 0.232. The lowest BCUT2D eigenvalue weighted by Crippen LogP contribution is -2.55. The van der Waals surface area contributed by atoms with Crippen LogP contribution in [0, 0.1) is 0 Å². The SMILES string of the molecule is CCc1nnc(CN2CC3COCCN3c3nc(Cl)ncc32)o1. The molecule has 2 aliphatic heterocycles. The molecule has 4 rings (SSSR count). The summed E-state index contributed by atoms with van der Waals surface area (Å²) in [5.41, 5.74) is 0.934. The van der Waals surface area contributed by atoms with Gasteiger partial charge in [0, 0.05) is 19.5 Å². The van der Waals surface area contributed by atoms with E-state index in [2.05, 4.69) is 30.0 Å². The van der Waals surface area contributed by atoms with Gasteiger partial charge in [-0.05, 0) is 11.6 Å². The van der Waals surface area contributed by atoms with E-state index in [9.17, 15) is 0 Å². The van der Waals surface area contributed by atoms with Gasteiger partial charge in [0.2, 0.25) is 17.1 Å². The van der Waals surface area contributed by atoms with Gasteiger partial charge in [-0.1, -0.05) is 6.92 Å². The van der Waals surface area contributed by atoms with Crippen molar-refractivity contribution in [2.75, 3.05) is 36.1 Å². The van der Waals surface area contributed by atoms with Crippen molar-refractivity contribution in [3.63, 3.8) is 0 Å². The monoisotopic (exact) mass is 336 g/mol. The average Bonchev–Trinajstić information content (AvgIpc) is 3.02. The Morgan fingerprint density at radius 2 is 2.22 bits per heavy atom. The van der Waals surface area contributed by atoms with Crippen LogP contribution in [0.5, 0.6) is 0 Å². The minimum Gasteiger partial charge on any atom is -0.423 e. The Labute approximate surface area is 138 Å². The largest absolute Gasteiger partial charge is 0.423 e. The van der Waals surface area contributed by atoms with E-state index in [0.717, 1.165) is 31.0 Å². The lowest BCUT2D eigenvalue weighted by atomic mass is 10.1. The fourth-order valence-electron chi connectivity index (χ4n) is 3.03. The molecule has 0 radical (unpaired) electrons. The van der Waals surface area contributed by atoms with Crippen molar-refractivity contribution in [3.8, 4) is 0 Å². The molecule has 1 atom stereocenters. The maximum atomic E-state index is 6.00. The summed E-state index contributed by atoms with van der Waals surface area (Å²) in [5.74, 6) is 2.08. The second kappa shape index (κ2) is 5.93. The predicted molar refractivity (Wildman–Crippen MR) is 83.7 cm³/mol. The van der Waals surface area contributed by atoms with E-state index in [-0.39, 0.29) is 11.3 Å². The lowest BCUT2D eigenvalue weighted by Gasteiger charge is -2.45. The van der Waals surface area contributed by atoms with Crippen LogP contribution in [-0.4, -0.2) is 52.5 Å². The van der Waals surface area contributed by atoms with Crippen molar-refractivity contribution in [1.29, 1.82) is 0 Å². The molecule has 2 aromatic heterocycles. The molecule has 2 aliphatic rings. The van der Waals surface area contributed by atoms with E-state index in [4.69, 9.17) is 20.8 Å². The number of hydrogen-bond donors (Lipinski definition) is 0. The van der Waals surface area contributed by atoms with Crippen LogP contribution in [0.2, 0.25) is 5.28 Å². The number of hydrogen-bond acceptors (Lipinski definition) is 8. The molecule has 0 aliphatic carbocycles. The molecule has 8 nitrogen and oxygen atoms in total. The molecule has 23 heavy (non-hydrogen) atoms.